The Morgan fingerprint density at radius 1 is 1.10 bits per heavy atom. The summed E-state index contributed by atoms with van der Waals surface area (Å²) in [5.41, 5.74) is 0. The lowest BCUT2D eigenvalue weighted by Crippen LogP contribution is -2.37. The molecule has 1 rings (SSSR count). The average molecular weight is 283 g/mol. The third-order valence-corrected chi connectivity index (χ3v) is 3.91. The number of hydrogen-bond donors (Lipinski definition) is 0. The number of amides is 1. The van der Waals surface area contributed by atoms with Crippen LogP contribution >= 0.6 is 0 Å². The Kier molecular flexibility index (Phi) is 8.31. The Labute approximate surface area is 122 Å². The maximum atomic E-state index is 12.4. The first-order chi connectivity index (χ1) is 9.67. The number of esters is 1. The molecule has 20 heavy (non-hydrogen) atoms. The molecule has 0 aliphatic heterocycles. The summed E-state index contributed by atoms with van der Waals surface area (Å²) in [6, 6.07) is 0. The summed E-state index contributed by atoms with van der Waals surface area (Å²) in [5, 5.41) is 0. The molecule has 0 aromatic heterocycles. The Hall–Kier alpha value is -1.06. The van der Waals surface area contributed by atoms with Crippen molar-refractivity contribution in [1.29, 1.82) is 0 Å². The van der Waals surface area contributed by atoms with Gasteiger partial charge in [-0.3, -0.25) is 9.59 Å². The molecule has 0 bridgehead atoms. The maximum absolute atomic E-state index is 12.4. The standard InChI is InChI=1S/C16H29NO3/c1-3-11-17(13-16(19)20-4-2)15(18)12-14-9-7-5-6-8-10-14/h14H,3-13H2,1-2H3. The van der Waals surface area contributed by atoms with Gasteiger partial charge in [-0.05, 0) is 32.1 Å². The number of hydrogen-bond acceptors (Lipinski definition) is 3. The molecule has 0 atom stereocenters. The van der Waals surface area contributed by atoms with Crippen molar-refractivity contribution in [3.05, 3.63) is 0 Å². The Morgan fingerprint density at radius 2 is 1.75 bits per heavy atom. The number of carbonyl (C=O) groups excluding carboxylic acids is 2. The van der Waals surface area contributed by atoms with Crippen LogP contribution in [0, 0.1) is 5.92 Å². The second-order valence-electron chi connectivity index (χ2n) is 5.68. The first kappa shape index (κ1) is 17.0. The number of ether oxygens (including phenoxy) is 1. The van der Waals surface area contributed by atoms with Gasteiger partial charge in [0.2, 0.25) is 5.91 Å². The minimum absolute atomic E-state index is 0.104. The van der Waals surface area contributed by atoms with Gasteiger partial charge in [-0.15, -0.1) is 0 Å². The van der Waals surface area contributed by atoms with Crippen molar-refractivity contribution in [3.8, 4) is 0 Å². The van der Waals surface area contributed by atoms with Crippen LogP contribution in [-0.2, 0) is 14.3 Å². The van der Waals surface area contributed by atoms with Gasteiger partial charge in [-0.25, -0.2) is 0 Å². The fourth-order valence-electron chi connectivity index (χ4n) is 2.87. The predicted molar refractivity (Wildman–Crippen MR) is 79.3 cm³/mol. The van der Waals surface area contributed by atoms with E-state index in [0.29, 0.717) is 25.5 Å². The molecule has 1 aliphatic rings. The van der Waals surface area contributed by atoms with E-state index in [1.165, 1.54) is 25.7 Å². The molecule has 0 spiro atoms. The average Bonchev–Trinajstić information content (AvgIpc) is 2.67. The van der Waals surface area contributed by atoms with E-state index in [4.69, 9.17) is 4.74 Å². The van der Waals surface area contributed by atoms with Crippen LogP contribution in [0.4, 0.5) is 0 Å². The SMILES string of the molecule is CCCN(CC(=O)OCC)C(=O)CC1CCCCCC1. The van der Waals surface area contributed by atoms with Gasteiger partial charge in [0.05, 0.1) is 6.61 Å². The highest BCUT2D eigenvalue weighted by Gasteiger charge is 2.22. The van der Waals surface area contributed by atoms with Gasteiger partial charge in [0, 0.05) is 13.0 Å². The van der Waals surface area contributed by atoms with Crippen LogP contribution in [0.15, 0.2) is 0 Å². The molecule has 1 aliphatic carbocycles. The van der Waals surface area contributed by atoms with Crippen LogP contribution < -0.4 is 0 Å². The molecule has 1 saturated carbocycles. The smallest absolute Gasteiger partial charge is 0.325 e. The zero-order chi connectivity index (χ0) is 14.8. The lowest BCUT2D eigenvalue weighted by molar-refractivity contribution is -0.149. The zero-order valence-corrected chi connectivity index (χ0v) is 13.0. The first-order valence-electron chi connectivity index (χ1n) is 8.10. The number of nitrogens with zero attached hydrogens (tertiary/aromatic N) is 1. The topological polar surface area (TPSA) is 46.6 Å². The third kappa shape index (κ3) is 6.40. The van der Waals surface area contributed by atoms with Crippen molar-refractivity contribution in [3.63, 3.8) is 0 Å². The number of carbonyl (C=O) groups is 2. The second-order valence-corrected chi connectivity index (χ2v) is 5.68. The van der Waals surface area contributed by atoms with Crippen molar-refractivity contribution in [1.82, 2.24) is 4.90 Å². The monoisotopic (exact) mass is 283 g/mol. The van der Waals surface area contributed by atoms with Crippen LogP contribution in [0.5, 0.6) is 0 Å². The molecule has 0 aromatic rings. The quantitative estimate of drug-likeness (QED) is 0.532. The van der Waals surface area contributed by atoms with E-state index in [1.807, 2.05) is 6.92 Å². The highest BCUT2D eigenvalue weighted by Crippen LogP contribution is 2.26. The first-order valence-corrected chi connectivity index (χ1v) is 8.10. The van der Waals surface area contributed by atoms with Crippen molar-refractivity contribution >= 4 is 11.9 Å². The van der Waals surface area contributed by atoms with Crippen molar-refractivity contribution in [2.75, 3.05) is 19.7 Å². The summed E-state index contributed by atoms with van der Waals surface area (Å²) in [6.07, 6.45) is 8.86. The Bertz CT molecular complexity index is 296. The van der Waals surface area contributed by atoms with Gasteiger partial charge in [0.15, 0.2) is 0 Å². The highest BCUT2D eigenvalue weighted by molar-refractivity contribution is 5.82. The van der Waals surface area contributed by atoms with Crippen LogP contribution in [0.25, 0.3) is 0 Å². The molecule has 4 nitrogen and oxygen atoms in total. The fraction of sp³-hybridized carbons (Fsp3) is 0.875. The van der Waals surface area contributed by atoms with Gasteiger partial charge in [-0.2, -0.15) is 0 Å². The van der Waals surface area contributed by atoms with E-state index < -0.39 is 0 Å². The van der Waals surface area contributed by atoms with E-state index in [1.54, 1.807) is 11.8 Å². The summed E-state index contributed by atoms with van der Waals surface area (Å²) < 4.78 is 4.95. The normalized spacial score (nSPS) is 16.5. The third-order valence-electron chi connectivity index (χ3n) is 3.91. The van der Waals surface area contributed by atoms with E-state index >= 15 is 0 Å². The van der Waals surface area contributed by atoms with Gasteiger partial charge in [-0.1, -0.05) is 32.6 Å². The highest BCUT2D eigenvalue weighted by atomic mass is 16.5. The molecule has 116 valence electrons. The van der Waals surface area contributed by atoms with E-state index in [-0.39, 0.29) is 18.4 Å². The van der Waals surface area contributed by atoms with Gasteiger partial charge in [0.1, 0.15) is 6.54 Å². The molecule has 0 heterocycles. The molecule has 0 N–H and O–H groups in total. The summed E-state index contributed by atoms with van der Waals surface area (Å²) in [7, 11) is 0. The molecule has 0 aromatic carbocycles. The summed E-state index contributed by atoms with van der Waals surface area (Å²) in [4.78, 5) is 25.6. The largest absolute Gasteiger partial charge is 0.465 e. The van der Waals surface area contributed by atoms with Crippen LogP contribution in [-0.4, -0.2) is 36.5 Å². The minimum Gasteiger partial charge on any atom is -0.465 e. The lowest BCUT2D eigenvalue weighted by atomic mass is 9.96. The molecular formula is C16H29NO3. The molecule has 4 heteroatoms. The minimum atomic E-state index is -0.296. The summed E-state index contributed by atoms with van der Waals surface area (Å²) in [5.74, 6) is 0.327. The Balaban J connectivity index is 2.47. The molecular weight excluding hydrogens is 254 g/mol. The zero-order valence-electron chi connectivity index (χ0n) is 13.0. The van der Waals surface area contributed by atoms with Crippen LogP contribution in [0.1, 0.15) is 65.2 Å². The van der Waals surface area contributed by atoms with Crippen LogP contribution in [0.2, 0.25) is 0 Å². The lowest BCUT2D eigenvalue weighted by Gasteiger charge is -2.23. The van der Waals surface area contributed by atoms with Crippen molar-refractivity contribution < 1.29 is 14.3 Å². The molecule has 0 saturated heterocycles. The van der Waals surface area contributed by atoms with E-state index in [2.05, 4.69) is 0 Å². The predicted octanol–water partition coefficient (Wildman–Crippen LogP) is 3.15. The van der Waals surface area contributed by atoms with E-state index in [9.17, 15) is 9.59 Å². The molecule has 0 radical (unpaired) electrons. The number of rotatable bonds is 7. The second kappa shape index (κ2) is 9.78. The fourth-order valence-corrected chi connectivity index (χ4v) is 2.87. The van der Waals surface area contributed by atoms with Gasteiger partial charge < -0.3 is 9.64 Å². The summed E-state index contributed by atoms with van der Waals surface area (Å²) in [6.45, 7) is 4.93. The van der Waals surface area contributed by atoms with Gasteiger partial charge >= 0.3 is 5.97 Å². The van der Waals surface area contributed by atoms with Gasteiger partial charge in [0.25, 0.3) is 0 Å². The molecule has 0 unspecified atom stereocenters. The van der Waals surface area contributed by atoms with E-state index in [0.717, 1.165) is 19.3 Å². The van der Waals surface area contributed by atoms with Crippen molar-refractivity contribution in [2.45, 2.75) is 65.2 Å². The van der Waals surface area contributed by atoms with Crippen molar-refractivity contribution in [2.24, 2.45) is 5.92 Å². The molecule has 1 amide bonds. The Morgan fingerprint density at radius 3 is 2.30 bits per heavy atom. The maximum Gasteiger partial charge on any atom is 0.325 e. The van der Waals surface area contributed by atoms with Crippen LogP contribution in [0.3, 0.4) is 0 Å². The summed E-state index contributed by atoms with van der Waals surface area (Å²) >= 11 is 0. The molecule has 1 fully saturated rings.